The van der Waals surface area contributed by atoms with E-state index in [0.29, 0.717) is 11.3 Å². The predicted octanol–water partition coefficient (Wildman–Crippen LogP) is 1.27. The Morgan fingerprint density at radius 1 is 1.35 bits per heavy atom. The van der Waals surface area contributed by atoms with Crippen molar-refractivity contribution in [1.29, 1.82) is 0 Å². The molecule has 1 aliphatic heterocycles. The van der Waals surface area contributed by atoms with E-state index in [9.17, 15) is 9.90 Å². The quantitative estimate of drug-likeness (QED) is 0.923. The van der Waals surface area contributed by atoms with Crippen LogP contribution in [0.15, 0.2) is 42.9 Å². The van der Waals surface area contributed by atoms with Gasteiger partial charge < -0.3 is 9.84 Å². The maximum Gasteiger partial charge on any atom is 0.259 e. The van der Waals surface area contributed by atoms with Gasteiger partial charge in [-0.1, -0.05) is 11.6 Å². The lowest BCUT2D eigenvalue weighted by Crippen LogP contribution is -2.50. The van der Waals surface area contributed by atoms with Crippen molar-refractivity contribution in [1.82, 2.24) is 19.9 Å². The SMILES string of the molecule is Cc1ccc(-n2nccn2)c(C(=O)N2[C@H](CO)OC=C[C@@H]2C)c1. The Morgan fingerprint density at radius 2 is 2.09 bits per heavy atom. The predicted molar refractivity (Wildman–Crippen MR) is 82.8 cm³/mol. The van der Waals surface area contributed by atoms with Crippen LogP contribution in [0, 0.1) is 6.92 Å². The van der Waals surface area contributed by atoms with Crippen LogP contribution >= 0.6 is 0 Å². The highest BCUT2D eigenvalue weighted by Gasteiger charge is 2.32. The lowest BCUT2D eigenvalue weighted by molar-refractivity contribution is -0.0510. The fraction of sp³-hybridized carbons (Fsp3) is 0.312. The van der Waals surface area contributed by atoms with Crippen LogP contribution in [0.25, 0.3) is 5.69 Å². The third-order valence-electron chi connectivity index (χ3n) is 3.75. The van der Waals surface area contributed by atoms with Crippen LogP contribution < -0.4 is 0 Å². The van der Waals surface area contributed by atoms with Gasteiger partial charge in [0.15, 0.2) is 6.23 Å². The molecule has 120 valence electrons. The topological polar surface area (TPSA) is 80.5 Å². The van der Waals surface area contributed by atoms with Crippen LogP contribution in [-0.2, 0) is 4.74 Å². The highest BCUT2D eigenvalue weighted by Crippen LogP contribution is 2.22. The molecule has 1 aromatic heterocycles. The van der Waals surface area contributed by atoms with Crippen LogP contribution in [0.4, 0.5) is 0 Å². The third-order valence-corrected chi connectivity index (χ3v) is 3.75. The van der Waals surface area contributed by atoms with Gasteiger partial charge in [-0.3, -0.25) is 9.69 Å². The molecule has 7 nitrogen and oxygen atoms in total. The number of aromatic nitrogens is 3. The van der Waals surface area contributed by atoms with Crippen LogP contribution in [0.5, 0.6) is 0 Å². The Kier molecular flexibility index (Phi) is 4.12. The summed E-state index contributed by atoms with van der Waals surface area (Å²) in [5.41, 5.74) is 2.00. The van der Waals surface area contributed by atoms with E-state index in [1.165, 1.54) is 16.0 Å². The van der Waals surface area contributed by atoms with Crippen molar-refractivity contribution < 1.29 is 14.6 Å². The molecular formula is C16H18N4O3. The van der Waals surface area contributed by atoms with Gasteiger partial charge in [0.05, 0.1) is 42.6 Å². The Labute approximate surface area is 133 Å². The molecule has 1 amide bonds. The van der Waals surface area contributed by atoms with Gasteiger partial charge in [0.2, 0.25) is 0 Å². The summed E-state index contributed by atoms with van der Waals surface area (Å²) in [4.78, 5) is 16.0. The lowest BCUT2D eigenvalue weighted by Gasteiger charge is -2.36. The standard InChI is InChI=1S/C16H18N4O3/c1-11-3-4-14(20-17-6-7-18-20)13(9-11)16(22)19-12(2)5-8-23-15(19)10-21/h3-9,12,15,21H,10H2,1-2H3/t12-,15-/m0/s1. The first-order valence-corrected chi connectivity index (χ1v) is 7.35. The summed E-state index contributed by atoms with van der Waals surface area (Å²) in [6.45, 7) is 3.51. The van der Waals surface area contributed by atoms with E-state index in [4.69, 9.17) is 4.74 Å². The molecule has 2 aromatic rings. The summed E-state index contributed by atoms with van der Waals surface area (Å²) in [5.74, 6) is -0.239. The summed E-state index contributed by atoms with van der Waals surface area (Å²) < 4.78 is 5.35. The molecule has 0 unspecified atom stereocenters. The highest BCUT2D eigenvalue weighted by atomic mass is 16.5. The number of ether oxygens (including phenoxy) is 1. The van der Waals surface area contributed by atoms with Gasteiger partial charge in [0.25, 0.3) is 5.91 Å². The van der Waals surface area contributed by atoms with E-state index in [0.717, 1.165) is 5.56 Å². The summed E-state index contributed by atoms with van der Waals surface area (Å²) >= 11 is 0. The first-order valence-electron chi connectivity index (χ1n) is 7.35. The average molecular weight is 314 g/mol. The summed E-state index contributed by atoms with van der Waals surface area (Å²) in [7, 11) is 0. The van der Waals surface area contributed by atoms with E-state index < -0.39 is 6.23 Å². The van der Waals surface area contributed by atoms with E-state index >= 15 is 0 Å². The van der Waals surface area contributed by atoms with Crippen molar-refractivity contribution in [2.45, 2.75) is 26.1 Å². The van der Waals surface area contributed by atoms with Crippen LogP contribution in [0.3, 0.4) is 0 Å². The second kappa shape index (κ2) is 6.21. The summed E-state index contributed by atoms with van der Waals surface area (Å²) in [6.07, 6.45) is 5.69. The van der Waals surface area contributed by atoms with Crippen molar-refractivity contribution in [3.05, 3.63) is 54.1 Å². The zero-order chi connectivity index (χ0) is 16.4. The molecule has 1 aliphatic rings. The zero-order valence-corrected chi connectivity index (χ0v) is 13.0. The van der Waals surface area contributed by atoms with Gasteiger partial charge in [0.1, 0.15) is 0 Å². The fourth-order valence-electron chi connectivity index (χ4n) is 2.59. The fourth-order valence-corrected chi connectivity index (χ4v) is 2.59. The van der Waals surface area contributed by atoms with Crippen molar-refractivity contribution in [2.75, 3.05) is 6.61 Å². The molecule has 23 heavy (non-hydrogen) atoms. The molecule has 0 aliphatic carbocycles. The molecule has 0 saturated carbocycles. The molecule has 0 fully saturated rings. The van der Waals surface area contributed by atoms with Gasteiger partial charge >= 0.3 is 0 Å². The Bertz CT molecular complexity index is 727. The molecule has 1 N–H and O–H groups in total. The minimum absolute atomic E-state index is 0.188. The van der Waals surface area contributed by atoms with Gasteiger partial charge in [-0.25, -0.2) is 0 Å². The number of rotatable bonds is 3. The molecule has 0 spiro atoms. The Balaban J connectivity index is 2.05. The lowest BCUT2D eigenvalue weighted by atomic mass is 10.1. The molecule has 0 saturated heterocycles. The second-order valence-electron chi connectivity index (χ2n) is 5.39. The normalized spacial score (nSPS) is 20.4. The number of carbonyl (C=O) groups is 1. The highest BCUT2D eigenvalue weighted by molar-refractivity contribution is 5.98. The molecule has 1 aromatic carbocycles. The Morgan fingerprint density at radius 3 is 2.78 bits per heavy atom. The van der Waals surface area contributed by atoms with Gasteiger partial charge in [-0.15, -0.1) is 0 Å². The van der Waals surface area contributed by atoms with E-state index in [-0.39, 0.29) is 18.6 Å². The third kappa shape index (κ3) is 2.83. The number of benzene rings is 1. The summed E-state index contributed by atoms with van der Waals surface area (Å²) in [5, 5.41) is 17.7. The van der Waals surface area contributed by atoms with E-state index in [2.05, 4.69) is 10.2 Å². The maximum absolute atomic E-state index is 13.1. The Hall–Kier alpha value is -2.67. The first kappa shape index (κ1) is 15.2. The largest absolute Gasteiger partial charge is 0.476 e. The van der Waals surface area contributed by atoms with Gasteiger partial charge in [0, 0.05) is 0 Å². The second-order valence-corrected chi connectivity index (χ2v) is 5.39. The molecule has 3 rings (SSSR count). The van der Waals surface area contributed by atoms with Crippen molar-refractivity contribution in [2.24, 2.45) is 0 Å². The molecule has 0 radical (unpaired) electrons. The maximum atomic E-state index is 13.1. The van der Waals surface area contributed by atoms with Crippen molar-refractivity contribution in [3.8, 4) is 5.69 Å². The molecule has 7 heteroatoms. The molecular weight excluding hydrogens is 296 g/mol. The number of aliphatic hydroxyl groups excluding tert-OH is 1. The summed E-state index contributed by atoms with van der Waals surface area (Å²) in [6, 6.07) is 5.31. The van der Waals surface area contributed by atoms with Crippen LogP contribution in [-0.4, -0.2) is 49.8 Å². The minimum atomic E-state index is -0.707. The molecule has 2 atom stereocenters. The number of hydrogen-bond donors (Lipinski definition) is 1. The monoisotopic (exact) mass is 314 g/mol. The zero-order valence-electron chi connectivity index (χ0n) is 13.0. The first-order chi connectivity index (χ1) is 11.1. The van der Waals surface area contributed by atoms with Gasteiger partial charge in [-0.2, -0.15) is 15.0 Å². The van der Waals surface area contributed by atoms with E-state index in [1.807, 2.05) is 26.0 Å². The molecule has 2 heterocycles. The van der Waals surface area contributed by atoms with Crippen LogP contribution in [0.1, 0.15) is 22.8 Å². The number of aryl methyl sites for hydroxylation is 1. The number of hydrogen-bond acceptors (Lipinski definition) is 5. The molecule has 0 bridgehead atoms. The minimum Gasteiger partial charge on any atom is -0.476 e. The van der Waals surface area contributed by atoms with Crippen molar-refractivity contribution in [3.63, 3.8) is 0 Å². The van der Waals surface area contributed by atoms with Gasteiger partial charge in [-0.05, 0) is 32.1 Å². The number of aliphatic hydroxyl groups is 1. The van der Waals surface area contributed by atoms with Crippen molar-refractivity contribution >= 4 is 5.91 Å². The number of amides is 1. The number of carbonyl (C=O) groups excluding carboxylic acids is 1. The van der Waals surface area contributed by atoms with E-state index in [1.54, 1.807) is 24.5 Å². The smallest absolute Gasteiger partial charge is 0.259 e. The van der Waals surface area contributed by atoms with Crippen LogP contribution in [0.2, 0.25) is 0 Å². The average Bonchev–Trinajstić information content (AvgIpc) is 3.08. The number of nitrogens with zero attached hydrogens (tertiary/aromatic N) is 4.